The summed E-state index contributed by atoms with van der Waals surface area (Å²) >= 11 is 0. The van der Waals surface area contributed by atoms with Crippen LogP contribution in [0.5, 0.6) is 0 Å². The van der Waals surface area contributed by atoms with Crippen molar-refractivity contribution in [2.75, 3.05) is 28.3 Å². The van der Waals surface area contributed by atoms with E-state index in [1.165, 1.54) is 24.4 Å². The van der Waals surface area contributed by atoms with E-state index in [0.29, 0.717) is 29.9 Å². The molecule has 1 unspecified atom stereocenters. The molecule has 0 spiro atoms. The van der Waals surface area contributed by atoms with Gasteiger partial charge in [-0.25, -0.2) is 12.8 Å². The van der Waals surface area contributed by atoms with E-state index in [9.17, 15) is 17.6 Å². The van der Waals surface area contributed by atoms with E-state index in [2.05, 4.69) is 10.3 Å². The maximum atomic E-state index is 13.3. The minimum atomic E-state index is -3.01. The molecule has 0 bridgehead atoms. The first kappa shape index (κ1) is 18.3. The number of aromatic nitrogens is 1. The van der Waals surface area contributed by atoms with Gasteiger partial charge in [0.1, 0.15) is 5.82 Å². The van der Waals surface area contributed by atoms with Crippen molar-refractivity contribution in [3.63, 3.8) is 0 Å². The number of nitrogens with one attached hydrogen (secondary N) is 1. The van der Waals surface area contributed by atoms with Crippen LogP contribution >= 0.6 is 0 Å². The second kappa shape index (κ2) is 7.41. The monoisotopic (exact) mass is 377 g/mol. The molecule has 1 atom stereocenters. The summed E-state index contributed by atoms with van der Waals surface area (Å²) in [4.78, 5) is 18.5. The zero-order chi connectivity index (χ0) is 18.7. The lowest BCUT2D eigenvalue weighted by molar-refractivity contribution is 0.102. The van der Waals surface area contributed by atoms with Gasteiger partial charge in [-0.15, -0.1) is 0 Å². The summed E-state index contributed by atoms with van der Waals surface area (Å²) in [6, 6.07) is 7.20. The summed E-state index contributed by atoms with van der Waals surface area (Å²) in [6.07, 6.45) is 3.61. The summed E-state index contributed by atoms with van der Waals surface area (Å²) in [5.74, 6) is -0.545. The molecule has 1 saturated heterocycles. The second-order valence-electron chi connectivity index (χ2n) is 6.24. The first-order valence-corrected chi connectivity index (χ1v) is 10.2. The molecule has 1 aliphatic rings. The maximum Gasteiger partial charge on any atom is 0.257 e. The molecule has 1 aliphatic heterocycles. The van der Waals surface area contributed by atoms with Crippen LogP contribution in [0, 0.1) is 5.82 Å². The molecule has 26 heavy (non-hydrogen) atoms. The van der Waals surface area contributed by atoms with Crippen molar-refractivity contribution in [2.24, 2.45) is 0 Å². The van der Waals surface area contributed by atoms with Crippen LogP contribution in [0.4, 0.5) is 15.8 Å². The summed E-state index contributed by atoms with van der Waals surface area (Å²) in [5, 5.41) is 2.63. The van der Waals surface area contributed by atoms with Crippen LogP contribution in [-0.4, -0.2) is 43.4 Å². The molecule has 8 heteroatoms. The molecule has 1 N–H and O–H groups in total. The predicted octanol–water partition coefficient (Wildman–Crippen LogP) is 2.49. The van der Waals surface area contributed by atoms with Crippen molar-refractivity contribution in [3.8, 4) is 0 Å². The fourth-order valence-corrected chi connectivity index (χ4v) is 4.88. The van der Waals surface area contributed by atoms with Gasteiger partial charge in [0.25, 0.3) is 5.91 Å². The lowest BCUT2D eigenvalue weighted by atomic mass is 10.1. The van der Waals surface area contributed by atoms with Gasteiger partial charge in [0.05, 0.1) is 29.0 Å². The predicted molar refractivity (Wildman–Crippen MR) is 98.7 cm³/mol. The molecule has 138 valence electrons. The minimum Gasteiger partial charge on any atom is -0.367 e. The molecule has 2 heterocycles. The Bertz CT molecular complexity index is 917. The number of carbonyl (C=O) groups is 1. The number of anilines is 2. The molecular weight excluding hydrogens is 357 g/mol. The molecule has 1 amide bonds. The van der Waals surface area contributed by atoms with Crippen LogP contribution in [0.2, 0.25) is 0 Å². The van der Waals surface area contributed by atoms with Crippen molar-refractivity contribution in [2.45, 2.75) is 19.4 Å². The van der Waals surface area contributed by atoms with Crippen LogP contribution in [-0.2, 0) is 9.84 Å². The number of hydrogen-bond acceptors (Lipinski definition) is 5. The van der Waals surface area contributed by atoms with Crippen LogP contribution < -0.4 is 10.2 Å². The third kappa shape index (κ3) is 4.19. The highest BCUT2D eigenvalue weighted by Crippen LogP contribution is 2.24. The van der Waals surface area contributed by atoms with Gasteiger partial charge in [-0.3, -0.25) is 9.78 Å². The third-order valence-electron chi connectivity index (χ3n) is 4.39. The Morgan fingerprint density at radius 1 is 1.35 bits per heavy atom. The van der Waals surface area contributed by atoms with Gasteiger partial charge in [0, 0.05) is 24.5 Å². The number of rotatable bonds is 5. The Hall–Kier alpha value is -2.48. The van der Waals surface area contributed by atoms with E-state index in [1.54, 1.807) is 18.3 Å². The summed E-state index contributed by atoms with van der Waals surface area (Å²) in [5.41, 5.74) is 1.38. The fraction of sp³-hybridized carbons (Fsp3) is 0.333. The highest BCUT2D eigenvalue weighted by atomic mass is 32.2. The van der Waals surface area contributed by atoms with Gasteiger partial charge >= 0.3 is 0 Å². The summed E-state index contributed by atoms with van der Waals surface area (Å²) < 4.78 is 36.8. The van der Waals surface area contributed by atoms with Gasteiger partial charge < -0.3 is 10.2 Å². The van der Waals surface area contributed by atoms with Gasteiger partial charge in [-0.05, 0) is 37.6 Å². The van der Waals surface area contributed by atoms with Crippen LogP contribution in [0.3, 0.4) is 0 Å². The van der Waals surface area contributed by atoms with Gasteiger partial charge in [-0.1, -0.05) is 6.07 Å². The lowest BCUT2D eigenvalue weighted by Gasteiger charge is -2.29. The number of carbonyl (C=O) groups excluding carboxylic acids is 1. The molecule has 3 rings (SSSR count). The topological polar surface area (TPSA) is 79.4 Å². The average Bonchev–Trinajstić information content (AvgIpc) is 2.95. The molecule has 1 aromatic heterocycles. The molecule has 1 fully saturated rings. The van der Waals surface area contributed by atoms with Gasteiger partial charge in [0.15, 0.2) is 9.84 Å². The molecule has 1 aromatic carbocycles. The highest BCUT2D eigenvalue weighted by molar-refractivity contribution is 7.91. The molecule has 0 radical (unpaired) electrons. The van der Waals surface area contributed by atoms with Crippen molar-refractivity contribution < 1.29 is 17.6 Å². The number of amides is 1. The molecular formula is C18H20FN3O3S. The maximum absolute atomic E-state index is 13.3. The van der Waals surface area contributed by atoms with E-state index in [0.717, 1.165) is 0 Å². The first-order chi connectivity index (χ1) is 12.4. The Balaban J connectivity index is 1.79. The standard InChI is InChI=1S/C18H20FN3O3S/c1-2-22(16-6-7-26(24,25)12-16)17-8-13(10-20-11-17)18(23)21-15-5-3-4-14(19)9-15/h3-5,8-11,16H,2,6-7,12H2,1H3,(H,21,23). The largest absolute Gasteiger partial charge is 0.367 e. The summed E-state index contributed by atoms with van der Waals surface area (Å²) in [7, 11) is -3.01. The second-order valence-corrected chi connectivity index (χ2v) is 8.47. The number of sulfone groups is 1. The number of halogens is 1. The zero-order valence-electron chi connectivity index (χ0n) is 14.4. The van der Waals surface area contributed by atoms with Crippen LogP contribution in [0.1, 0.15) is 23.7 Å². The number of benzene rings is 1. The van der Waals surface area contributed by atoms with E-state index in [-0.39, 0.29) is 17.5 Å². The van der Waals surface area contributed by atoms with E-state index in [1.807, 2.05) is 11.8 Å². The fourth-order valence-electron chi connectivity index (χ4n) is 3.15. The lowest BCUT2D eigenvalue weighted by Crippen LogP contribution is -2.36. The van der Waals surface area contributed by atoms with E-state index in [4.69, 9.17) is 0 Å². The first-order valence-electron chi connectivity index (χ1n) is 8.37. The highest BCUT2D eigenvalue weighted by Gasteiger charge is 2.32. The Kier molecular flexibility index (Phi) is 5.22. The molecule has 6 nitrogen and oxygen atoms in total. The molecule has 2 aromatic rings. The smallest absolute Gasteiger partial charge is 0.257 e. The van der Waals surface area contributed by atoms with Crippen molar-refractivity contribution in [3.05, 3.63) is 54.1 Å². The van der Waals surface area contributed by atoms with Crippen molar-refractivity contribution in [1.82, 2.24) is 4.98 Å². The minimum absolute atomic E-state index is 0.112. The Morgan fingerprint density at radius 3 is 2.81 bits per heavy atom. The number of pyridine rings is 1. The third-order valence-corrected chi connectivity index (χ3v) is 6.14. The van der Waals surface area contributed by atoms with Crippen LogP contribution in [0.25, 0.3) is 0 Å². The number of hydrogen-bond donors (Lipinski definition) is 1. The normalized spacial score (nSPS) is 18.5. The van der Waals surface area contributed by atoms with Crippen molar-refractivity contribution >= 4 is 27.1 Å². The Labute approximate surface area is 152 Å². The quantitative estimate of drug-likeness (QED) is 0.866. The van der Waals surface area contributed by atoms with Gasteiger partial charge in [0.2, 0.25) is 0 Å². The van der Waals surface area contributed by atoms with E-state index < -0.39 is 21.6 Å². The molecule has 0 saturated carbocycles. The van der Waals surface area contributed by atoms with Gasteiger partial charge in [-0.2, -0.15) is 0 Å². The average molecular weight is 377 g/mol. The zero-order valence-corrected chi connectivity index (χ0v) is 15.2. The Morgan fingerprint density at radius 2 is 2.15 bits per heavy atom. The van der Waals surface area contributed by atoms with Crippen LogP contribution in [0.15, 0.2) is 42.7 Å². The number of nitrogens with zero attached hydrogens (tertiary/aromatic N) is 2. The summed E-state index contributed by atoms with van der Waals surface area (Å²) in [6.45, 7) is 2.54. The molecule has 0 aliphatic carbocycles. The van der Waals surface area contributed by atoms with E-state index >= 15 is 0 Å². The van der Waals surface area contributed by atoms with Crippen molar-refractivity contribution in [1.29, 1.82) is 0 Å². The SMILES string of the molecule is CCN(c1cncc(C(=O)Nc2cccc(F)c2)c1)C1CCS(=O)(=O)C1.